The van der Waals surface area contributed by atoms with Gasteiger partial charge in [-0.25, -0.2) is 9.97 Å². The van der Waals surface area contributed by atoms with Gasteiger partial charge in [0.25, 0.3) is 0 Å². The number of furan rings is 1. The van der Waals surface area contributed by atoms with Crippen LogP contribution in [0.5, 0.6) is 0 Å². The van der Waals surface area contributed by atoms with E-state index in [-0.39, 0.29) is 0 Å². The van der Waals surface area contributed by atoms with Gasteiger partial charge in [-0.05, 0) is 63.0 Å². The first kappa shape index (κ1) is 25.5. The van der Waals surface area contributed by atoms with Gasteiger partial charge in [-0.15, -0.1) is 11.3 Å². The van der Waals surface area contributed by atoms with Crippen LogP contribution in [-0.4, -0.2) is 9.97 Å². The van der Waals surface area contributed by atoms with Crippen LogP contribution < -0.4 is 0 Å². The minimum atomic E-state index is 0.702. The van der Waals surface area contributed by atoms with Gasteiger partial charge in [0, 0.05) is 32.0 Å². The van der Waals surface area contributed by atoms with E-state index in [0.717, 1.165) is 59.9 Å². The Morgan fingerprint density at radius 1 is 0.478 bits per heavy atom. The standard InChI is InChI=1S/C42H24N2OS/c1-2-11-25(12-3-1)39-41-40(32-17-8-9-20-37(32)46-41)44-42(43-39)33-18-10-19-35-38(33)31-22-21-27(24-36(31)45-35)34-23-26-13-4-5-14-28(26)29-15-6-7-16-30(29)34/h1-24H. The highest BCUT2D eigenvalue weighted by atomic mass is 32.1. The Balaban J connectivity index is 1.21. The summed E-state index contributed by atoms with van der Waals surface area (Å²) in [6, 6.07) is 51.3. The van der Waals surface area contributed by atoms with E-state index in [1.165, 1.54) is 31.8 Å². The number of hydrogen-bond acceptors (Lipinski definition) is 4. The molecule has 7 aromatic carbocycles. The van der Waals surface area contributed by atoms with Gasteiger partial charge < -0.3 is 4.42 Å². The van der Waals surface area contributed by atoms with Crippen LogP contribution in [0.25, 0.3) is 97.6 Å². The second-order valence-electron chi connectivity index (χ2n) is 11.7. The fourth-order valence-corrected chi connectivity index (χ4v) is 8.13. The molecule has 0 saturated carbocycles. The Labute approximate surface area is 268 Å². The SMILES string of the molecule is c1ccc(-c2nc(-c3cccc4oc5cc(-c6cc7ccccc7c7ccccc67)ccc5c34)nc3c2sc2ccccc23)cc1. The second kappa shape index (κ2) is 9.83. The monoisotopic (exact) mass is 604 g/mol. The van der Waals surface area contributed by atoms with E-state index >= 15 is 0 Å². The molecular formula is C42H24N2OS. The molecule has 0 fully saturated rings. The fraction of sp³-hybridized carbons (Fsp3) is 0. The van der Waals surface area contributed by atoms with Crippen LogP contribution >= 0.6 is 11.3 Å². The predicted molar refractivity (Wildman–Crippen MR) is 194 cm³/mol. The summed E-state index contributed by atoms with van der Waals surface area (Å²) in [6.45, 7) is 0. The molecule has 0 spiro atoms. The lowest BCUT2D eigenvalue weighted by Crippen LogP contribution is -1.94. The summed E-state index contributed by atoms with van der Waals surface area (Å²) in [5.41, 5.74) is 7.99. The van der Waals surface area contributed by atoms with Crippen LogP contribution in [-0.2, 0) is 0 Å². The largest absolute Gasteiger partial charge is 0.456 e. The van der Waals surface area contributed by atoms with Crippen molar-refractivity contribution in [2.24, 2.45) is 0 Å². The van der Waals surface area contributed by atoms with Crippen LogP contribution in [0.1, 0.15) is 0 Å². The molecule has 3 aromatic heterocycles. The Morgan fingerprint density at radius 2 is 1.24 bits per heavy atom. The minimum absolute atomic E-state index is 0.702. The highest BCUT2D eigenvalue weighted by Crippen LogP contribution is 2.43. The molecule has 0 amide bonds. The number of rotatable bonds is 3. The van der Waals surface area contributed by atoms with Gasteiger partial charge in [-0.3, -0.25) is 0 Å². The molecule has 0 unspecified atom stereocenters. The second-order valence-corrected chi connectivity index (χ2v) is 12.8. The molecule has 0 aliphatic rings. The Bertz CT molecular complexity index is 2810. The first-order chi connectivity index (χ1) is 22.8. The van der Waals surface area contributed by atoms with Gasteiger partial charge in [0.2, 0.25) is 0 Å². The third-order valence-corrected chi connectivity index (χ3v) is 10.3. The van der Waals surface area contributed by atoms with Crippen molar-refractivity contribution in [3.8, 4) is 33.8 Å². The van der Waals surface area contributed by atoms with Crippen molar-refractivity contribution in [3.05, 3.63) is 146 Å². The van der Waals surface area contributed by atoms with E-state index in [0.29, 0.717) is 5.82 Å². The van der Waals surface area contributed by atoms with Crippen molar-refractivity contribution >= 4 is 75.1 Å². The normalized spacial score (nSPS) is 11.9. The molecule has 4 heteroatoms. The first-order valence-electron chi connectivity index (χ1n) is 15.4. The molecular weight excluding hydrogens is 581 g/mol. The van der Waals surface area contributed by atoms with Crippen molar-refractivity contribution in [2.75, 3.05) is 0 Å². The lowest BCUT2D eigenvalue weighted by Gasteiger charge is -2.11. The third kappa shape index (κ3) is 3.77. The number of benzene rings is 7. The maximum absolute atomic E-state index is 6.58. The molecule has 3 nitrogen and oxygen atoms in total. The van der Waals surface area contributed by atoms with Gasteiger partial charge in [0.1, 0.15) is 11.2 Å². The summed E-state index contributed by atoms with van der Waals surface area (Å²) in [4.78, 5) is 10.5. The van der Waals surface area contributed by atoms with Crippen LogP contribution in [0, 0.1) is 0 Å². The van der Waals surface area contributed by atoms with E-state index < -0.39 is 0 Å². The molecule has 214 valence electrons. The molecule has 0 atom stereocenters. The third-order valence-electron chi connectivity index (χ3n) is 9.08. The van der Waals surface area contributed by atoms with E-state index in [2.05, 4.69) is 127 Å². The van der Waals surface area contributed by atoms with Gasteiger partial charge in [-0.1, -0.05) is 115 Å². The van der Waals surface area contributed by atoms with Crippen molar-refractivity contribution in [1.29, 1.82) is 0 Å². The van der Waals surface area contributed by atoms with E-state index in [1.54, 1.807) is 11.3 Å². The highest BCUT2D eigenvalue weighted by molar-refractivity contribution is 7.26. The topological polar surface area (TPSA) is 38.9 Å². The molecule has 0 bridgehead atoms. The summed E-state index contributed by atoms with van der Waals surface area (Å²) < 4.78 is 8.89. The van der Waals surface area contributed by atoms with E-state index in [4.69, 9.17) is 14.4 Å². The lowest BCUT2D eigenvalue weighted by molar-refractivity contribution is 0.669. The van der Waals surface area contributed by atoms with Crippen LogP contribution in [0.4, 0.5) is 0 Å². The molecule has 0 aliphatic carbocycles. The van der Waals surface area contributed by atoms with Crippen LogP contribution in [0.3, 0.4) is 0 Å². The number of hydrogen-bond donors (Lipinski definition) is 0. The first-order valence-corrected chi connectivity index (χ1v) is 16.2. The van der Waals surface area contributed by atoms with Crippen molar-refractivity contribution in [2.45, 2.75) is 0 Å². The smallest absolute Gasteiger partial charge is 0.161 e. The number of fused-ring (bicyclic) bond motifs is 9. The average molecular weight is 605 g/mol. The fourth-order valence-electron chi connectivity index (χ4n) is 6.98. The number of aromatic nitrogens is 2. The molecule has 46 heavy (non-hydrogen) atoms. The van der Waals surface area contributed by atoms with E-state index in [1.807, 2.05) is 18.2 Å². The summed E-state index contributed by atoms with van der Waals surface area (Å²) in [6.07, 6.45) is 0. The summed E-state index contributed by atoms with van der Waals surface area (Å²) in [5, 5.41) is 8.22. The Kier molecular flexibility index (Phi) is 5.45. The molecule has 0 N–H and O–H groups in total. The van der Waals surface area contributed by atoms with E-state index in [9.17, 15) is 0 Å². The molecule has 10 rings (SSSR count). The molecule has 0 saturated heterocycles. The lowest BCUT2D eigenvalue weighted by atomic mass is 9.93. The summed E-state index contributed by atoms with van der Waals surface area (Å²) in [7, 11) is 0. The van der Waals surface area contributed by atoms with Gasteiger partial charge >= 0.3 is 0 Å². The van der Waals surface area contributed by atoms with Crippen LogP contribution in [0.2, 0.25) is 0 Å². The quantitative estimate of drug-likeness (QED) is 0.188. The molecule has 0 radical (unpaired) electrons. The molecule has 0 aliphatic heterocycles. The predicted octanol–water partition coefficient (Wildman–Crippen LogP) is 12.1. The van der Waals surface area contributed by atoms with Crippen molar-refractivity contribution < 1.29 is 4.42 Å². The zero-order valence-electron chi connectivity index (χ0n) is 24.6. The molecule has 10 aromatic rings. The van der Waals surface area contributed by atoms with Crippen molar-refractivity contribution in [1.82, 2.24) is 9.97 Å². The maximum Gasteiger partial charge on any atom is 0.161 e. The number of nitrogens with zero attached hydrogens (tertiary/aromatic N) is 2. The zero-order chi connectivity index (χ0) is 30.2. The maximum atomic E-state index is 6.58. The van der Waals surface area contributed by atoms with Crippen molar-refractivity contribution in [3.63, 3.8) is 0 Å². The van der Waals surface area contributed by atoms with Crippen LogP contribution in [0.15, 0.2) is 150 Å². The van der Waals surface area contributed by atoms with Gasteiger partial charge in [0.15, 0.2) is 5.82 Å². The average Bonchev–Trinajstić information content (AvgIpc) is 3.69. The van der Waals surface area contributed by atoms with Gasteiger partial charge in [-0.2, -0.15) is 0 Å². The Morgan fingerprint density at radius 3 is 2.13 bits per heavy atom. The molecule has 3 heterocycles. The highest BCUT2D eigenvalue weighted by Gasteiger charge is 2.20. The summed E-state index contributed by atoms with van der Waals surface area (Å²) in [5.74, 6) is 0.702. The minimum Gasteiger partial charge on any atom is -0.456 e. The number of thiophene rings is 1. The zero-order valence-corrected chi connectivity index (χ0v) is 25.4. The summed E-state index contributed by atoms with van der Waals surface area (Å²) >= 11 is 1.75. The Hall–Kier alpha value is -5.84. The van der Waals surface area contributed by atoms with Gasteiger partial charge in [0.05, 0.1) is 15.9 Å².